The molecule has 0 saturated carbocycles. The first-order chi connectivity index (χ1) is 9.19. The van der Waals surface area contributed by atoms with Gasteiger partial charge < -0.3 is 10.1 Å². The van der Waals surface area contributed by atoms with Gasteiger partial charge in [0.1, 0.15) is 5.75 Å². The van der Waals surface area contributed by atoms with Crippen LogP contribution in [0.15, 0.2) is 65.8 Å². The van der Waals surface area contributed by atoms with Crippen molar-refractivity contribution >= 4 is 27.5 Å². The molecule has 0 aliphatic carbocycles. The fourth-order valence-corrected chi connectivity index (χ4v) is 1.78. The summed E-state index contributed by atoms with van der Waals surface area (Å²) in [6.45, 7) is 3.48. The standard InChI is InChI=1S/C15H12BrNO2/c1-2-19-14-9-7-13(8-10-14)17-15(18)11-3-5-12(16)6-4-11/h2-10H,1H2,(H,17,18). The molecule has 0 saturated heterocycles. The van der Waals surface area contributed by atoms with Gasteiger partial charge in [0.05, 0.1) is 6.26 Å². The topological polar surface area (TPSA) is 38.3 Å². The maximum atomic E-state index is 12.0. The third-order valence-corrected chi connectivity index (χ3v) is 2.97. The van der Waals surface area contributed by atoms with Gasteiger partial charge in [0, 0.05) is 15.7 Å². The molecule has 1 N–H and O–H groups in total. The normalized spacial score (nSPS) is 9.74. The average Bonchev–Trinajstić information content (AvgIpc) is 2.42. The second kappa shape index (κ2) is 6.20. The lowest BCUT2D eigenvalue weighted by molar-refractivity contribution is 0.102. The first-order valence-corrected chi connectivity index (χ1v) is 6.43. The Kier molecular flexibility index (Phi) is 4.36. The summed E-state index contributed by atoms with van der Waals surface area (Å²) in [4.78, 5) is 12.0. The van der Waals surface area contributed by atoms with E-state index >= 15 is 0 Å². The van der Waals surface area contributed by atoms with Crippen LogP contribution in [0.2, 0.25) is 0 Å². The van der Waals surface area contributed by atoms with Crippen molar-refractivity contribution in [2.45, 2.75) is 0 Å². The smallest absolute Gasteiger partial charge is 0.255 e. The monoisotopic (exact) mass is 317 g/mol. The molecule has 0 radical (unpaired) electrons. The Morgan fingerprint density at radius 1 is 1.11 bits per heavy atom. The van der Waals surface area contributed by atoms with E-state index in [0.29, 0.717) is 17.0 Å². The number of halogens is 1. The molecule has 0 aliphatic heterocycles. The number of ether oxygens (including phenoxy) is 1. The second-order valence-electron chi connectivity index (χ2n) is 3.77. The first kappa shape index (κ1) is 13.4. The van der Waals surface area contributed by atoms with E-state index in [1.807, 2.05) is 12.1 Å². The van der Waals surface area contributed by atoms with Gasteiger partial charge in [-0.25, -0.2) is 0 Å². The van der Waals surface area contributed by atoms with Gasteiger partial charge >= 0.3 is 0 Å². The molecule has 0 atom stereocenters. The zero-order valence-electron chi connectivity index (χ0n) is 10.1. The Labute approximate surface area is 120 Å². The Balaban J connectivity index is 2.06. The Morgan fingerprint density at radius 3 is 2.32 bits per heavy atom. The van der Waals surface area contributed by atoms with Crippen LogP contribution in [0.3, 0.4) is 0 Å². The van der Waals surface area contributed by atoms with Crippen LogP contribution in [0.5, 0.6) is 5.75 Å². The number of hydrogen-bond donors (Lipinski definition) is 1. The van der Waals surface area contributed by atoms with E-state index in [0.717, 1.165) is 4.47 Å². The largest absolute Gasteiger partial charge is 0.466 e. The lowest BCUT2D eigenvalue weighted by Crippen LogP contribution is -2.11. The van der Waals surface area contributed by atoms with E-state index in [4.69, 9.17) is 4.74 Å². The van der Waals surface area contributed by atoms with E-state index in [2.05, 4.69) is 27.8 Å². The van der Waals surface area contributed by atoms with Crippen molar-refractivity contribution in [3.8, 4) is 5.75 Å². The second-order valence-corrected chi connectivity index (χ2v) is 4.69. The Morgan fingerprint density at radius 2 is 1.74 bits per heavy atom. The lowest BCUT2D eigenvalue weighted by atomic mass is 10.2. The molecular formula is C15H12BrNO2. The van der Waals surface area contributed by atoms with E-state index in [-0.39, 0.29) is 5.91 Å². The fraction of sp³-hybridized carbons (Fsp3) is 0. The molecule has 2 aromatic carbocycles. The maximum Gasteiger partial charge on any atom is 0.255 e. The molecule has 0 heterocycles. The lowest BCUT2D eigenvalue weighted by Gasteiger charge is -2.06. The minimum Gasteiger partial charge on any atom is -0.466 e. The highest BCUT2D eigenvalue weighted by Gasteiger charge is 2.05. The third-order valence-electron chi connectivity index (χ3n) is 2.44. The molecule has 0 unspecified atom stereocenters. The number of carbonyl (C=O) groups is 1. The minimum absolute atomic E-state index is 0.148. The maximum absolute atomic E-state index is 12.0. The highest BCUT2D eigenvalue weighted by molar-refractivity contribution is 9.10. The molecule has 3 nitrogen and oxygen atoms in total. The van der Waals surface area contributed by atoms with Crippen molar-refractivity contribution in [3.05, 3.63) is 71.4 Å². The van der Waals surface area contributed by atoms with Gasteiger partial charge in [-0.05, 0) is 48.5 Å². The number of rotatable bonds is 4. The van der Waals surface area contributed by atoms with Crippen LogP contribution >= 0.6 is 15.9 Å². The van der Waals surface area contributed by atoms with Crippen LogP contribution in [0.1, 0.15) is 10.4 Å². The van der Waals surface area contributed by atoms with E-state index in [9.17, 15) is 4.79 Å². The predicted molar refractivity (Wildman–Crippen MR) is 79.4 cm³/mol. The summed E-state index contributed by atoms with van der Waals surface area (Å²) in [5, 5.41) is 2.81. The van der Waals surface area contributed by atoms with Gasteiger partial charge in [-0.2, -0.15) is 0 Å². The summed E-state index contributed by atoms with van der Waals surface area (Å²) in [6.07, 6.45) is 1.36. The van der Waals surface area contributed by atoms with Gasteiger partial charge in [-0.15, -0.1) is 0 Å². The van der Waals surface area contributed by atoms with Crippen molar-refractivity contribution < 1.29 is 9.53 Å². The molecule has 1 amide bonds. The molecule has 0 spiro atoms. The number of nitrogens with one attached hydrogen (secondary N) is 1. The van der Waals surface area contributed by atoms with E-state index in [1.54, 1.807) is 36.4 Å². The number of amides is 1. The molecular weight excluding hydrogens is 306 g/mol. The molecule has 96 valence electrons. The van der Waals surface area contributed by atoms with Crippen LogP contribution in [-0.4, -0.2) is 5.91 Å². The number of anilines is 1. The van der Waals surface area contributed by atoms with Crippen molar-refractivity contribution in [2.24, 2.45) is 0 Å². The van der Waals surface area contributed by atoms with Crippen LogP contribution in [0.25, 0.3) is 0 Å². The van der Waals surface area contributed by atoms with E-state index < -0.39 is 0 Å². The third kappa shape index (κ3) is 3.69. The number of carbonyl (C=O) groups excluding carboxylic acids is 1. The molecule has 0 fully saturated rings. The van der Waals surface area contributed by atoms with Crippen molar-refractivity contribution in [2.75, 3.05) is 5.32 Å². The summed E-state index contributed by atoms with van der Waals surface area (Å²) in [5.74, 6) is 0.529. The van der Waals surface area contributed by atoms with Gasteiger partial charge in [-0.3, -0.25) is 4.79 Å². The first-order valence-electron chi connectivity index (χ1n) is 5.63. The van der Waals surface area contributed by atoms with Crippen molar-refractivity contribution in [1.82, 2.24) is 0 Å². The summed E-state index contributed by atoms with van der Waals surface area (Å²) >= 11 is 3.33. The molecule has 2 rings (SSSR count). The van der Waals surface area contributed by atoms with Gasteiger partial charge in [-0.1, -0.05) is 22.5 Å². The van der Waals surface area contributed by atoms with Crippen molar-refractivity contribution in [3.63, 3.8) is 0 Å². The predicted octanol–water partition coefficient (Wildman–Crippen LogP) is 4.22. The van der Waals surface area contributed by atoms with Crippen LogP contribution in [0, 0.1) is 0 Å². The minimum atomic E-state index is -0.148. The van der Waals surface area contributed by atoms with Crippen LogP contribution < -0.4 is 10.1 Å². The Hall–Kier alpha value is -2.07. The summed E-state index contributed by atoms with van der Waals surface area (Å²) in [7, 11) is 0. The zero-order chi connectivity index (χ0) is 13.7. The molecule has 0 aliphatic rings. The van der Waals surface area contributed by atoms with Crippen LogP contribution in [0.4, 0.5) is 5.69 Å². The molecule has 0 aromatic heterocycles. The SMILES string of the molecule is C=COc1ccc(NC(=O)c2ccc(Br)cc2)cc1. The van der Waals surface area contributed by atoms with Crippen molar-refractivity contribution in [1.29, 1.82) is 0 Å². The average molecular weight is 318 g/mol. The summed E-state index contributed by atoms with van der Waals surface area (Å²) in [6, 6.07) is 14.2. The fourth-order valence-electron chi connectivity index (χ4n) is 1.52. The highest BCUT2D eigenvalue weighted by Crippen LogP contribution is 2.17. The molecule has 0 bridgehead atoms. The zero-order valence-corrected chi connectivity index (χ0v) is 11.7. The number of benzene rings is 2. The van der Waals surface area contributed by atoms with Gasteiger partial charge in [0.15, 0.2) is 0 Å². The Bertz CT molecular complexity index is 576. The molecule has 4 heteroatoms. The highest BCUT2D eigenvalue weighted by atomic mass is 79.9. The van der Waals surface area contributed by atoms with E-state index in [1.165, 1.54) is 6.26 Å². The molecule has 19 heavy (non-hydrogen) atoms. The van der Waals surface area contributed by atoms with Gasteiger partial charge in [0.25, 0.3) is 5.91 Å². The quantitative estimate of drug-likeness (QED) is 0.857. The summed E-state index contributed by atoms with van der Waals surface area (Å²) in [5.41, 5.74) is 1.32. The number of hydrogen-bond acceptors (Lipinski definition) is 2. The van der Waals surface area contributed by atoms with Crippen LogP contribution in [-0.2, 0) is 0 Å². The van der Waals surface area contributed by atoms with Gasteiger partial charge in [0.2, 0.25) is 0 Å². The summed E-state index contributed by atoms with van der Waals surface area (Å²) < 4.78 is 6.05. The molecule has 2 aromatic rings.